The molecule has 4 nitrogen and oxygen atoms in total. The number of rotatable bonds is 3. The number of hydrogen-bond acceptors (Lipinski definition) is 4. The molecular weight excluding hydrogens is 272 g/mol. The summed E-state index contributed by atoms with van der Waals surface area (Å²) in [6.45, 7) is 1.59. The highest BCUT2D eigenvalue weighted by molar-refractivity contribution is 8.14. The Labute approximate surface area is 122 Å². The standard InChI is InChI=1S/C15H18N2O2S/c18-9-11-6-7-17(8-11)15(19)13-10-20-14(16-13)12-4-2-1-3-5-12/h1-5,11,13,18H,6-10H2. The summed E-state index contributed by atoms with van der Waals surface area (Å²) in [5.41, 5.74) is 1.09. The van der Waals surface area contributed by atoms with Gasteiger partial charge in [-0.1, -0.05) is 30.3 Å². The monoisotopic (exact) mass is 290 g/mol. The van der Waals surface area contributed by atoms with Gasteiger partial charge in [0.15, 0.2) is 0 Å². The van der Waals surface area contributed by atoms with Crippen LogP contribution < -0.4 is 0 Å². The summed E-state index contributed by atoms with van der Waals surface area (Å²) in [5.74, 6) is 1.08. The molecule has 0 aliphatic carbocycles. The van der Waals surface area contributed by atoms with Gasteiger partial charge in [-0.15, -0.1) is 11.8 Å². The van der Waals surface area contributed by atoms with E-state index < -0.39 is 0 Å². The fourth-order valence-corrected chi connectivity index (χ4v) is 3.67. The summed E-state index contributed by atoms with van der Waals surface area (Å²) in [4.78, 5) is 18.8. The first-order valence-corrected chi connectivity index (χ1v) is 7.92. The van der Waals surface area contributed by atoms with Crippen molar-refractivity contribution in [3.63, 3.8) is 0 Å². The highest BCUT2D eigenvalue weighted by atomic mass is 32.2. The van der Waals surface area contributed by atoms with E-state index in [4.69, 9.17) is 5.11 Å². The number of aliphatic hydroxyl groups is 1. The number of amides is 1. The van der Waals surface area contributed by atoms with Gasteiger partial charge in [0.1, 0.15) is 6.04 Å². The molecule has 2 aliphatic heterocycles. The van der Waals surface area contributed by atoms with E-state index in [2.05, 4.69) is 4.99 Å². The minimum absolute atomic E-state index is 0.111. The third-order valence-electron chi connectivity index (χ3n) is 3.81. The molecular formula is C15H18N2O2S. The zero-order valence-corrected chi connectivity index (χ0v) is 12.1. The van der Waals surface area contributed by atoms with Crippen LogP contribution in [0.3, 0.4) is 0 Å². The number of benzene rings is 1. The van der Waals surface area contributed by atoms with Crippen LogP contribution in [0.2, 0.25) is 0 Å². The molecule has 2 atom stereocenters. The van der Waals surface area contributed by atoms with Crippen molar-refractivity contribution in [3.05, 3.63) is 35.9 Å². The molecule has 0 radical (unpaired) electrons. The number of aliphatic hydroxyl groups excluding tert-OH is 1. The molecule has 1 saturated heterocycles. The minimum Gasteiger partial charge on any atom is -0.396 e. The molecule has 20 heavy (non-hydrogen) atoms. The number of carbonyl (C=O) groups excluding carboxylic acids is 1. The van der Waals surface area contributed by atoms with Gasteiger partial charge in [0.2, 0.25) is 5.91 Å². The molecule has 0 bridgehead atoms. The minimum atomic E-state index is -0.257. The highest BCUT2D eigenvalue weighted by Crippen LogP contribution is 2.26. The second kappa shape index (κ2) is 5.97. The molecule has 1 N–H and O–H groups in total. The largest absolute Gasteiger partial charge is 0.396 e. The smallest absolute Gasteiger partial charge is 0.248 e. The number of likely N-dealkylation sites (tertiary alicyclic amines) is 1. The fraction of sp³-hybridized carbons (Fsp3) is 0.467. The van der Waals surface area contributed by atoms with E-state index in [0.29, 0.717) is 6.54 Å². The van der Waals surface area contributed by atoms with Crippen LogP contribution in [-0.2, 0) is 4.79 Å². The summed E-state index contributed by atoms with van der Waals surface area (Å²) in [5, 5.41) is 10.1. The molecule has 2 aliphatic rings. The van der Waals surface area contributed by atoms with Gasteiger partial charge in [-0.05, 0) is 6.42 Å². The lowest BCUT2D eigenvalue weighted by molar-refractivity contribution is -0.131. The van der Waals surface area contributed by atoms with Crippen LogP contribution in [0.5, 0.6) is 0 Å². The van der Waals surface area contributed by atoms with Crippen LogP contribution in [0.1, 0.15) is 12.0 Å². The molecule has 1 aromatic carbocycles. The summed E-state index contributed by atoms with van der Waals surface area (Å²) in [6.07, 6.45) is 0.900. The first-order valence-electron chi connectivity index (χ1n) is 6.93. The van der Waals surface area contributed by atoms with Crippen molar-refractivity contribution in [3.8, 4) is 0 Å². The first kappa shape index (κ1) is 13.6. The summed E-state index contributed by atoms with van der Waals surface area (Å²) in [7, 11) is 0. The third kappa shape index (κ3) is 2.74. The number of thioether (sulfide) groups is 1. The molecule has 0 spiro atoms. The first-order chi connectivity index (χ1) is 9.78. The third-order valence-corrected chi connectivity index (χ3v) is 4.91. The van der Waals surface area contributed by atoms with E-state index in [1.807, 2.05) is 35.2 Å². The van der Waals surface area contributed by atoms with E-state index in [0.717, 1.165) is 29.3 Å². The van der Waals surface area contributed by atoms with Crippen molar-refractivity contribution < 1.29 is 9.90 Å². The van der Waals surface area contributed by atoms with E-state index in [9.17, 15) is 4.79 Å². The van der Waals surface area contributed by atoms with Gasteiger partial charge in [-0.3, -0.25) is 9.79 Å². The van der Waals surface area contributed by atoms with Crippen molar-refractivity contribution in [2.45, 2.75) is 12.5 Å². The van der Waals surface area contributed by atoms with Crippen LogP contribution in [-0.4, -0.2) is 52.4 Å². The average molecular weight is 290 g/mol. The number of carbonyl (C=O) groups is 1. The van der Waals surface area contributed by atoms with Crippen molar-refractivity contribution in [1.82, 2.24) is 4.90 Å². The van der Waals surface area contributed by atoms with E-state index >= 15 is 0 Å². The molecule has 5 heteroatoms. The van der Waals surface area contributed by atoms with Crippen LogP contribution in [0.4, 0.5) is 0 Å². The maximum absolute atomic E-state index is 12.4. The Bertz CT molecular complexity index is 518. The van der Waals surface area contributed by atoms with Crippen LogP contribution in [0.25, 0.3) is 0 Å². The topological polar surface area (TPSA) is 52.9 Å². The van der Waals surface area contributed by atoms with Gasteiger partial charge in [0, 0.05) is 36.9 Å². The average Bonchev–Trinajstić information content (AvgIpc) is 3.17. The maximum atomic E-state index is 12.4. The van der Waals surface area contributed by atoms with Gasteiger partial charge in [-0.25, -0.2) is 0 Å². The summed E-state index contributed by atoms with van der Waals surface area (Å²) in [6, 6.07) is 9.74. The summed E-state index contributed by atoms with van der Waals surface area (Å²) < 4.78 is 0. The maximum Gasteiger partial charge on any atom is 0.248 e. The Morgan fingerprint density at radius 3 is 2.90 bits per heavy atom. The number of nitrogens with zero attached hydrogens (tertiary/aromatic N) is 2. The highest BCUT2D eigenvalue weighted by Gasteiger charge is 2.33. The fourth-order valence-electron chi connectivity index (χ4n) is 2.63. The lowest BCUT2D eigenvalue weighted by Crippen LogP contribution is -2.37. The van der Waals surface area contributed by atoms with Gasteiger partial charge >= 0.3 is 0 Å². The van der Waals surface area contributed by atoms with Crippen LogP contribution in [0.15, 0.2) is 35.3 Å². The lowest BCUT2D eigenvalue weighted by atomic mass is 10.1. The Balaban J connectivity index is 1.67. The second-order valence-electron chi connectivity index (χ2n) is 5.25. The van der Waals surface area contributed by atoms with Crippen molar-refractivity contribution in [2.75, 3.05) is 25.4 Å². The zero-order chi connectivity index (χ0) is 13.9. The van der Waals surface area contributed by atoms with Gasteiger partial charge < -0.3 is 10.0 Å². The number of hydrogen-bond donors (Lipinski definition) is 1. The Morgan fingerprint density at radius 2 is 2.20 bits per heavy atom. The van der Waals surface area contributed by atoms with Gasteiger partial charge in [0.05, 0.1) is 5.04 Å². The second-order valence-corrected chi connectivity index (χ2v) is 6.26. The molecule has 106 valence electrons. The van der Waals surface area contributed by atoms with E-state index in [1.165, 1.54) is 0 Å². The molecule has 1 fully saturated rings. The quantitative estimate of drug-likeness (QED) is 0.915. The van der Waals surface area contributed by atoms with E-state index in [-0.39, 0.29) is 24.5 Å². The molecule has 2 unspecified atom stereocenters. The Hall–Kier alpha value is -1.33. The van der Waals surface area contributed by atoms with Crippen LogP contribution in [0, 0.1) is 5.92 Å². The number of aliphatic imine (C=N–C) groups is 1. The summed E-state index contributed by atoms with van der Waals surface area (Å²) >= 11 is 1.65. The van der Waals surface area contributed by atoms with Crippen molar-refractivity contribution in [1.29, 1.82) is 0 Å². The Kier molecular flexibility index (Phi) is 4.08. The zero-order valence-electron chi connectivity index (χ0n) is 11.2. The van der Waals surface area contributed by atoms with Gasteiger partial charge in [0.25, 0.3) is 0 Å². The lowest BCUT2D eigenvalue weighted by Gasteiger charge is -2.18. The molecule has 2 heterocycles. The normalized spacial score (nSPS) is 25.9. The molecule has 3 rings (SSSR count). The van der Waals surface area contributed by atoms with E-state index in [1.54, 1.807) is 11.8 Å². The van der Waals surface area contributed by atoms with Crippen LogP contribution >= 0.6 is 11.8 Å². The van der Waals surface area contributed by atoms with Crippen molar-refractivity contribution >= 4 is 22.7 Å². The molecule has 1 amide bonds. The molecule has 1 aromatic rings. The molecule has 0 aromatic heterocycles. The van der Waals surface area contributed by atoms with Crippen molar-refractivity contribution in [2.24, 2.45) is 10.9 Å². The predicted octanol–water partition coefficient (Wildman–Crippen LogP) is 1.39. The Morgan fingerprint density at radius 1 is 1.40 bits per heavy atom. The van der Waals surface area contributed by atoms with Gasteiger partial charge in [-0.2, -0.15) is 0 Å². The SMILES string of the molecule is O=C(C1CSC(c2ccccc2)=N1)N1CCC(CO)C1. The molecule has 0 saturated carbocycles. The predicted molar refractivity (Wildman–Crippen MR) is 81.0 cm³/mol.